The quantitative estimate of drug-likeness (QED) is 0.894. The van der Waals surface area contributed by atoms with Gasteiger partial charge >= 0.3 is 5.97 Å². The van der Waals surface area contributed by atoms with E-state index < -0.39 is 11.4 Å². The number of carboxylic acid groups (broad SMARTS) is 1. The van der Waals surface area contributed by atoms with E-state index in [0.717, 1.165) is 25.2 Å². The van der Waals surface area contributed by atoms with Crippen molar-refractivity contribution < 1.29 is 9.90 Å². The van der Waals surface area contributed by atoms with Gasteiger partial charge in [0.1, 0.15) is 0 Å². The summed E-state index contributed by atoms with van der Waals surface area (Å²) in [5.74, 6) is -0.650. The number of aromatic nitrogens is 1. The van der Waals surface area contributed by atoms with Crippen molar-refractivity contribution in [2.45, 2.75) is 33.2 Å². The van der Waals surface area contributed by atoms with E-state index in [9.17, 15) is 9.90 Å². The van der Waals surface area contributed by atoms with Gasteiger partial charge in [-0.05, 0) is 26.3 Å². The zero-order valence-electron chi connectivity index (χ0n) is 10.3. The van der Waals surface area contributed by atoms with Gasteiger partial charge in [-0.25, -0.2) is 4.98 Å². The summed E-state index contributed by atoms with van der Waals surface area (Å²) in [4.78, 5) is 19.0. The van der Waals surface area contributed by atoms with Crippen molar-refractivity contribution >= 4 is 17.3 Å². The Balaban J connectivity index is 2.03. The summed E-state index contributed by atoms with van der Waals surface area (Å²) in [6.45, 7) is 6.35. The molecule has 94 valence electrons. The van der Waals surface area contributed by atoms with E-state index in [-0.39, 0.29) is 0 Å². The van der Waals surface area contributed by atoms with Crippen LogP contribution in [0.25, 0.3) is 0 Å². The molecule has 0 saturated carbocycles. The van der Waals surface area contributed by atoms with Gasteiger partial charge in [-0.15, -0.1) is 11.3 Å². The minimum atomic E-state index is -0.650. The summed E-state index contributed by atoms with van der Waals surface area (Å²) in [6.07, 6.45) is 1.47. The fourth-order valence-electron chi connectivity index (χ4n) is 2.39. The van der Waals surface area contributed by atoms with Crippen molar-refractivity contribution in [1.82, 2.24) is 9.88 Å². The molecule has 0 aromatic carbocycles. The molecule has 4 nitrogen and oxygen atoms in total. The molecule has 0 bridgehead atoms. The Hall–Kier alpha value is -0.940. The lowest BCUT2D eigenvalue weighted by Crippen LogP contribution is -2.33. The molecule has 1 aliphatic heterocycles. The van der Waals surface area contributed by atoms with E-state index in [1.807, 2.05) is 19.4 Å². The normalized spacial score (nSPS) is 25.3. The van der Waals surface area contributed by atoms with Crippen LogP contribution in [0.5, 0.6) is 0 Å². The van der Waals surface area contributed by atoms with Crippen LogP contribution in [0.1, 0.15) is 30.3 Å². The van der Waals surface area contributed by atoms with Crippen molar-refractivity contribution in [3.63, 3.8) is 0 Å². The Morgan fingerprint density at radius 1 is 1.71 bits per heavy atom. The van der Waals surface area contributed by atoms with Gasteiger partial charge in [0, 0.05) is 18.0 Å². The first-order valence-electron chi connectivity index (χ1n) is 5.92. The van der Waals surface area contributed by atoms with Crippen LogP contribution in [0.4, 0.5) is 0 Å². The molecule has 0 radical (unpaired) electrons. The average molecular weight is 254 g/mol. The first kappa shape index (κ1) is 12.5. The van der Waals surface area contributed by atoms with E-state index in [1.54, 1.807) is 11.3 Å². The number of likely N-dealkylation sites (tertiary alicyclic amines) is 1. The second-order valence-electron chi connectivity index (χ2n) is 4.76. The third-order valence-corrected chi connectivity index (χ3v) is 4.70. The largest absolute Gasteiger partial charge is 0.481 e. The number of hydrogen-bond donors (Lipinski definition) is 1. The molecular formula is C12H18N2O2S. The van der Waals surface area contributed by atoms with Crippen LogP contribution >= 0.6 is 11.3 Å². The Morgan fingerprint density at radius 3 is 2.94 bits per heavy atom. The highest BCUT2D eigenvalue weighted by atomic mass is 32.1. The lowest BCUT2D eigenvalue weighted by atomic mass is 9.84. The Kier molecular flexibility index (Phi) is 3.49. The summed E-state index contributed by atoms with van der Waals surface area (Å²) in [7, 11) is 0. The van der Waals surface area contributed by atoms with Gasteiger partial charge in [0.15, 0.2) is 0 Å². The maximum atomic E-state index is 11.3. The van der Waals surface area contributed by atoms with Crippen molar-refractivity contribution in [2.24, 2.45) is 5.41 Å². The standard InChI is InChI=1S/C12H18N2O2S/c1-3-12(11(15)16)4-5-14(7-12)6-10-9(2)13-8-17-10/h8H,3-7H2,1-2H3,(H,15,16). The van der Waals surface area contributed by atoms with Crippen LogP contribution < -0.4 is 0 Å². The van der Waals surface area contributed by atoms with Crippen LogP contribution in [0.15, 0.2) is 5.51 Å². The SMILES string of the molecule is CCC1(C(=O)O)CCN(Cc2scnc2C)C1. The van der Waals surface area contributed by atoms with Crippen LogP contribution in [0.2, 0.25) is 0 Å². The highest BCUT2D eigenvalue weighted by molar-refractivity contribution is 7.09. The lowest BCUT2D eigenvalue weighted by molar-refractivity contribution is -0.148. The molecule has 1 unspecified atom stereocenters. The van der Waals surface area contributed by atoms with Gasteiger partial charge in [0.2, 0.25) is 0 Å². The summed E-state index contributed by atoms with van der Waals surface area (Å²) in [6, 6.07) is 0. The van der Waals surface area contributed by atoms with Crippen molar-refractivity contribution in [2.75, 3.05) is 13.1 Å². The fourth-order valence-corrected chi connectivity index (χ4v) is 3.21. The monoisotopic (exact) mass is 254 g/mol. The third kappa shape index (κ3) is 2.35. The minimum Gasteiger partial charge on any atom is -0.481 e. The van der Waals surface area contributed by atoms with Crippen LogP contribution in [-0.2, 0) is 11.3 Å². The fraction of sp³-hybridized carbons (Fsp3) is 0.667. The number of carboxylic acids is 1. The molecule has 1 aromatic rings. The highest BCUT2D eigenvalue weighted by Crippen LogP contribution is 2.35. The molecule has 2 rings (SSSR count). The topological polar surface area (TPSA) is 53.4 Å². The van der Waals surface area contributed by atoms with Gasteiger partial charge in [-0.3, -0.25) is 9.69 Å². The molecule has 1 atom stereocenters. The summed E-state index contributed by atoms with van der Waals surface area (Å²) in [5, 5.41) is 9.33. The number of aliphatic carboxylic acids is 1. The predicted molar refractivity (Wildman–Crippen MR) is 67.1 cm³/mol. The van der Waals surface area contributed by atoms with Gasteiger partial charge in [-0.2, -0.15) is 0 Å². The molecule has 1 fully saturated rings. The summed E-state index contributed by atoms with van der Waals surface area (Å²) >= 11 is 1.65. The lowest BCUT2D eigenvalue weighted by Gasteiger charge is -2.22. The first-order chi connectivity index (χ1) is 8.07. The number of rotatable bonds is 4. The number of thiazole rings is 1. The zero-order chi connectivity index (χ0) is 12.5. The Morgan fingerprint density at radius 2 is 2.47 bits per heavy atom. The highest BCUT2D eigenvalue weighted by Gasteiger charge is 2.43. The maximum absolute atomic E-state index is 11.3. The van der Waals surface area contributed by atoms with Crippen molar-refractivity contribution in [1.29, 1.82) is 0 Å². The molecule has 2 heterocycles. The molecule has 5 heteroatoms. The molecule has 1 aromatic heterocycles. The summed E-state index contributed by atoms with van der Waals surface area (Å²) < 4.78 is 0. The molecule has 1 aliphatic rings. The molecule has 17 heavy (non-hydrogen) atoms. The van der Waals surface area contributed by atoms with Gasteiger partial charge in [0.05, 0.1) is 16.6 Å². The van der Waals surface area contributed by atoms with E-state index in [1.165, 1.54) is 4.88 Å². The molecule has 1 saturated heterocycles. The Labute approximate surface area is 105 Å². The van der Waals surface area contributed by atoms with Crippen LogP contribution in [0.3, 0.4) is 0 Å². The smallest absolute Gasteiger partial charge is 0.310 e. The van der Waals surface area contributed by atoms with Gasteiger partial charge < -0.3 is 5.11 Å². The van der Waals surface area contributed by atoms with E-state index in [0.29, 0.717) is 13.0 Å². The number of carbonyl (C=O) groups is 1. The van der Waals surface area contributed by atoms with E-state index >= 15 is 0 Å². The number of aryl methyl sites for hydroxylation is 1. The molecule has 0 amide bonds. The van der Waals surface area contributed by atoms with Crippen molar-refractivity contribution in [3.05, 3.63) is 16.1 Å². The van der Waals surface area contributed by atoms with E-state index in [4.69, 9.17) is 0 Å². The molecule has 0 aliphatic carbocycles. The number of nitrogens with zero attached hydrogens (tertiary/aromatic N) is 2. The molecule has 1 N–H and O–H groups in total. The second-order valence-corrected chi connectivity index (χ2v) is 5.70. The summed E-state index contributed by atoms with van der Waals surface area (Å²) in [5.41, 5.74) is 2.39. The van der Waals surface area contributed by atoms with Gasteiger partial charge in [0.25, 0.3) is 0 Å². The van der Waals surface area contributed by atoms with E-state index in [2.05, 4.69) is 9.88 Å². The van der Waals surface area contributed by atoms with Crippen LogP contribution in [-0.4, -0.2) is 34.0 Å². The third-order valence-electron chi connectivity index (χ3n) is 3.78. The minimum absolute atomic E-state index is 0.529. The Bertz CT molecular complexity index is 418. The zero-order valence-corrected chi connectivity index (χ0v) is 11.1. The van der Waals surface area contributed by atoms with Crippen LogP contribution in [0, 0.1) is 12.3 Å². The number of hydrogen-bond acceptors (Lipinski definition) is 4. The predicted octanol–water partition coefficient (Wildman–Crippen LogP) is 2.14. The maximum Gasteiger partial charge on any atom is 0.310 e. The molecule has 0 spiro atoms. The van der Waals surface area contributed by atoms with Gasteiger partial charge in [-0.1, -0.05) is 6.92 Å². The van der Waals surface area contributed by atoms with Crippen molar-refractivity contribution in [3.8, 4) is 0 Å². The molecular weight excluding hydrogens is 236 g/mol. The first-order valence-corrected chi connectivity index (χ1v) is 6.80. The average Bonchev–Trinajstić information content (AvgIpc) is 2.88. The second kappa shape index (κ2) is 4.74.